The van der Waals surface area contributed by atoms with Crippen LogP contribution in [0.25, 0.3) is 0 Å². The molecule has 1 aromatic carbocycles. The summed E-state index contributed by atoms with van der Waals surface area (Å²) in [6.07, 6.45) is -7.16. The van der Waals surface area contributed by atoms with Crippen LogP contribution in [0.1, 0.15) is 23.5 Å². The normalized spacial score (nSPS) is 16.7. The number of primary amides is 2. The van der Waals surface area contributed by atoms with Crippen LogP contribution in [-0.2, 0) is 16.0 Å². The Kier molecular flexibility index (Phi) is 11.8. The zero-order chi connectivity index (χ0) is 22.6. The van der Waals surface area contributed by atoms with E-state index in [2.05, 4.69) is 0 Å². The number of halogens is 4. The largest absolute Gasteiger partial charge is 0.394 e. The van der Waals surface area contributed by atoms with Gasteiger partial charge < -0.3 is 37.0 Å². The van der Waals surface area contributed by atoms with E-state index in [1.54, 1.807) is 0 Å². The van der Waals surface area contributed by atoms with Crippen molar-refractivity contribution in [2.75, 3.05) is 6.61 Å². The van der Waals surface area contributed by atoms with Gasteiger partial charge in [0.1, 0.15) is 18.3 Å². The van der Waals surface area contributed by atoms with Crippen LogP contribution in [0.2, 0.25) is 0 Å². The van der Waals surface area contributed by atoms with Crippen molar-refractivity contribution in [3.8, 4) is 0 Å². The number of carbonyl (C=O) groups is 2. The number of rotatable bonds is 10. The molecule has 2 amide bonds. The molecule has 29 heavy (non-hydrogen) atoms. The fourth-order valence-electron chi connectivity index (χ4n) is 2.65. The third-order valence-corrected chi connectivity index (χ3v) is 10.9. The van der Waals surface area contributed by atoms with Crippen molar-refractivity contribution in [2.45, 2.75) is 43.2 Å². The van der Waals surface area contributed by atoms with E-state index in [4.69, 9.17) is 16.6 Å². The molecule has 0 saturated carbocycles. The fourth-order valence-corrected chi connectivity index (χ4v) is 7.13. The Morgan fingerprint density at radius 2 is 1.28 bits per heavy atom. The first-order chi connectivity index (χ1) is 13.3. The van der Waals surface area contributed by atoms with E-state index in [0.717, 1.165) is 12.7 Å². The highest BCUT2D eigenvalue weighted by Crippen LogP contribution is 2.38. The quantitative estimate of drug-likeness (QED) is 0.123. The van der Waals surface area contributed by atoms with Gasteiger partial charge in [-0.05, 0) is 108 Å². The zero-order valence-corrected chi connectivity index (χ0v) is 23.4. The number of aliphatic hydroxyl groups is 5. The lowest BCUT2D eigenvalue weighted by Gasteiger charge is -2.28. The highest BCUT2D eigenvalue weighted by atomic mass is 127. The molecule has 0 saturated heterocycles. The van der Waals surface area contributed by atoms with Crippen LogP contribution in [0, 0.1) is 14.3 Å². The van der Waals surface area contributed by atoms with E-state index >= 15 is 0 Å². The molecular weight excluding hydrogens is 840 g/mol. The van der Waals surface area contributed by atoms with Crippen LogP contribution in [0.15, 0.2) is 0 Å². The highest BCUT2D eigenvalue weighted by Gasteiger charge is 2.35. The van der Waals surface area contributed by atoms with Gasteiger partial charge in [-0.25, -0.2) is 0 Å². The van der Waals surface area contributed by atoms with Gasteiger partial charge in [-0.15, -0.1) is 0 Å². The number of aliphatic hydroxyl groups excluding tert-OH is 5. The van der Waals surface area contributed by atoms with Gasteiger partial charge in [0.25, 0.3) is 0 Å². The zero-order valence-electron chi connectivity index (χ0n) is 14.7. The second-order valence-electron chi connectivity index (χ2n) is 6.28. The van der Waals surface area contributed by atoms with E-state index in [9.17, 15) is 30.0 Å². The SMILES string of the molecule is NC(=O)Cc1c(I)c(I)c(C(CC(O)C(O)C(O)C(O)CO)C(N)=O)c(I)c1I. The summed E-state index contributed by atoms with van der Waals surface area (Å²) in [7, 11) is 0. The Balaban J connectivity index is 3.36. The summed E-state index contributed by atoms with van der Waals surface area (Å²) in [4.78, 5) is 23.6. The van der Waals surface area contributed by atoms with Gasteiger partial charge in [-0.3, -0.25) is 9.59 Å². The minimum atomic E-state index is -1.81. The molecule has 0 aromatic heterocycles. The highest BCUT2D eigenvalue weighted by molar-refractivity contribution is 14.1. The number of hydrogen-bond acceptors (Lipinski definition) is 7. The summed E-state index contributed by atoms with van der Waals surface area (Å²) in [5.41, 5.74) is 12.1. The van der Waals surface area contributed by atoms with Crippen LogP contribution in [0.5, 0.6) is 0 Å². The van der Waals surface area contributed by atoms with E-state index < -0.39 is 48.8 Å². The Labute approximate surface area is 221 Å². The molecule has 5 atom stereocenters. The Morgan fingerprint density at radius 1 is 0.828 bits per heavy atom. The summed E-state index contributed by atoms with van der Waals surface area (Å²) < 4.78 is 2.76. The molecule has 164 valence electrons. The second kappa shape index (κ2) is 12.2. The van der Waals surface area contributed by atoms with Gasteiger partial charge in [-0.2, -0.15) is 0 Å². The predicted octanol–water partition coefficient (Wildman–Crippen LogP) is -0.472. The lowest BCUT2D eigenvalue weighted by molar-refractivity contribution is -0.126. The van der Waals surface area contributed by atoms with Gasteiger partial charge in [0.05, 0.1) is 25.0 Å². The van der Waals surface area contributed by atoms with Crippen molar-refractivity contribution in [3.05, 3.63) is 25.4 Å². The van der Waals surface area contributed by atoms with Crippen molar-refractivity contribution in [1.29, 1.82) is 0 Å². The molecule has 0 aliphatic heterocycles. The molecular formula is C16H20I4N2O7. The molecule has 0 spiro atoms. The van der Waals surface area contributed by atoms with Gasteiger partial charge in [0.2, 0.25) is 11.8 Å². The second-order valence-corrected chi connectivity index (χ2v) is 10.6. The standard InChI is InChI=1S/C16H20I4N2O7/c17-10-5(2-8(21)26)11(18)13(20)9(12(10)19)4(16(22)29)1-6(24)14(27)15(28)7(25)3-23/h4,6-7,14-15,23-25,27-28H,1-3H2,(H2,21,26)(H2,22,29). The number of carbonyl (C=O) groups excluding carboxylic acids is 2. The summed E-state index contributed by atoms with van der Waals surface area (Å²) >= 11 is 8.13. The van der Waals surface area contributed by atoms with E-state index in [-0.39, 0.29) is 12.8 Å². The molecule has 9 nitrogen and oxygen atoms in total. The summed E-state index contributed by atoms with van der Waals surface area (Å²) in [6, 6.07) is 0. The summed E-state index contributed by atoms with van der Waals surface area (Å²) in [5, 5.41) is 48.6. The first-order valence-electron chi connectivity index (χ1n) is 8.10. The van der Waals surface area contributed by atoms with Crippen molar-refractivity contribution in [1.82, 2.24) is 0 Å². The molecule has 1 rings (SSSR count). The summed E-state index contributed by atoms with van der Waals surface area (Å²) in [5.74, 6) is -2.26. The van der Waals surface area contributed by atoms with E-state index in [1.165, 1.54) is 0 Å². The maximum absolute atomic E-state index is 12.2. The van der Waals surface area contributed by atoms with Crippen molar-refractivity contribution in [3.63, 3.8) is 0 Å². The lowest BCUT2D eigenvalue weighted by Crippen LogP contribution is -2.46. The Hall–Kier alpha value is 0.880. The van der Waals surface area contributed by atoms with Gasteiger partial charge in [-0.1, -0.05) is 0 Å². The maximum atomic E-state index is 12.2. The molecule has 0 fully saturated rings. The smallest absolute Gasteiger partial charge is 0.225 e. The molecule has 0 aliphatic carbocycles. The minimum Gasteiger partial charge on any atom is -0.394 e. The van der Waals surface area contributed by atoms with Crippen LogP contribution in [-0.4, -0.2) is 68.4 Å². The summed E-state index contributed by atoms with van der Waals surface area (Å²) in [6.45, 7) is -0.808. The van der Waals surface area contributed by atoms with Crippen LogP contribution in [0.4, 0.5) is 0 Å². The average Bonchev–Trinajstić information content (AvgIpc) is 2.66. The molecule has 1 aromatic rings. The lowest BCUT2D eigenvalue weighted by atomic mass is 9.88. The molecule has 9 N–H and O–H groups in total. The monoisotopic (exact) mass is 860 g/mol. The number of hydrogen-bond donors (Lipinski definition) is 7. The Bertz CT molecular complexity index is 751. The van der Waals surface area contributed by atoms with Crippen molar-refractivity contribution < 1.29 is 35.1 Å². The molecule has 0 aliphatic rings. The third kappa shape index (κ3) is 6.93. The molecule has 13 heteroatoms. The molecule has 5 unspecified atom stereocenters. The van der Waals surface area contributed by atoms with Crippen LogP contribution < -0.4 is 11.5 Å². The molecule has 0 heterocycles. The number of nitrogens with two attached hydrogens (primary N) is 2. The third-order valence-electron chi connectivity index (χ3n) is 4.23. The average molecular weight is 860 g/mol. The topological polar surface area (TPSA) is 187 Å². The van der Waals surface area contributed by atoms with Gasteiger partial charge in [0, 0.05) is 14.3 Å². The van der Waals surface area contributed by atoms with Gasteiger partial charge in [0.15, 0.2) is 0 Å². The first-order valence-corrected chi connectivity index (χ1v) is 12.4. The van der Waals surface area contributed by atoms with Crippen LogP contribution >= 0.6 is 90.4 Å². The van der Waals surface area contributed by atoms with Crippen molar-refractivity contribution >= 4 is 102 Å². The molecule has 0 radical (unpaired) electrons. The fraction of sp³-hybridized carbons (Fsp3) is 0.500. The van der Waals surface area contributed by atoms with Crippen molar-refractivity contribution in [2.24, 2.45) is 11.5 Å². The number of benzene rings is 1. The van der Waals surface area contributed by atoms with E-state index in [1.807, 2.05) is 90.4 Å². The Morgan fingerprint density at radius 3 is 1.66 bits per heavy atom. The van der Waals surface area contributed by atoms with Crippen LogP contribution in [0.3, 0.4) is 0 Å². The minimum absolute atomic E-state index is 0.0245. The number of amides is 2. The molecule has 0 bridgehead atoms. The maximum Gasteiger partial charge on any atom is 0.225 e. The predicted molar refractivity (Wildman–Crippen MR) is 138 cm³/mol. The van der Waals surface area contributed by atoms with Gasteiger partial charge >= 0.3 is 0 Å². The first kappa shape index (κ1) is 27.9. The van der Waals surface area contributed by atoms with E-state index in [0.29, 0.717) is 12.7 Å².